The number of carbonyl (C=O) groups excluding carboxylic acids is 1. The molecule has 0 aliphatic rings. The molecule has 0 spiro atoms. The number of aliphatic hydroxyl groups is 1. The number of carbonyl (C=O) groups is 1. The molecule has 0 fully saturated rings. The normalized spacial score (nSPS) is 10.1. The van der Waals surface area contributed by atoms with Crippen LogP contribution in [0, 0.1) is 10.1 Å². The lowest BCUT2D eigenvalue weighted by atomic mass is 10.2. The van der Waals surface area contributed by atoms with Crippen LogP contribution in [-0.2, 0) is 4.79 Å². The van der Waals surface area contributed by atoms with Crippen LogP contribution in [-0.4, -0.2) is 22.5 Å². The van der Waals surface area contributed by atoms with E-state index in [2.05, 4.69) is 5.32 Å². The summed E-state index contributed by atoms with van der Waals surface area (Å²) in [5, 5.41) is 21.8. The van der Waals surface area contributed by atoms with E-state index in [1.54, 1.807) is 0 Å². The molecule has 2 N–H and O–H groups in total. The van der Waals surface area contributed by atoms with Crippen LogP contribution in [0.2, 0.25) is 5.02 Å². The molecule has 1 aromatic rings. The smallest absolute Gasteiger partial charge is 0.289 e. The molecule has 0 heterocycles. The molecule has 7 heteroatoms. The number of hydrogen-bond acceptors (Lipinski definition) is 4. The summed E-state index contributed by atoms with van der Waals surface area (Å²) in [5.41, 5.74) is 0.0879. The second kappa shape index (κ2) is 6.93. The Morgan fingerprint density at radius 2 is 2.17 bits per heavy atom. The van der Waals surface area contributed by atoms with Crippen molar-refractivity contribution in [2.24, 2.45) is 0 Å². The topological polar surface area (TPSA) is 92.5 Å². The van der Waals surface area contributed by atoms with Crippen molar-refractivity contribution in [3.05, 3.63) is 33.3 Å². The van der Waals surface area contributed by atoms with Gasteiger partial charge in [0.05, 0.1) is 4.92 Å². The first-order valence-corrected chi connectivity index (χ1v) is 5.77. The van der Waals surface area contributed by atoms with Crippen molar-refractivity contribution in [2.75, 3.05) is 11.9 Å². The van der Waals surface area contributed by atoms with Gasteiger partial charge in [-0.3, -0.25) is 14.9 Å². The van der Waals surface area contributed by atoms with Crippen LogP contribution in [0.15, 0.2) is 18.2 Å². The second-order valence-electron chi connectivity index (χ2n) is 3.65. The fourth-order valence-electron chi connectivity index (χ4n) is 1.35. The number of hydrogen-bond donors (Lipinski definition) is 2. The average Bonchev–Trinajstić information content (AvgIpc) is 2.31. The number of amides is 1. The molecule has 98 valence electrons. The summed E-state index contributed by atoms with van der Waals surface area (Å²) in [7, 11) is 0. The van der Waals surface area contributed by atoms with E-state index in [9.17, 15) is 14.9 Å². The number of nitrogens with zero attached hydrogens (tertiary/aromatic N) is 1. The lowest BCUT2D eigenvalue weighted by Gasteiger charge is -2.05. The Morgan fingerprint density at radius 3 is 2.78 bits per heavy atom. The van der Waals surface area contributed by atoms with Gasteiger partial charge in [-0.1, -0.05) is 11.6 Å². The van der Waals surface area contributed by atoms with E-state index in [1.807, 2.05) is 0 Å². The molecule has 0 atom stereocenters. The molecule has 0 aliphatic heterocycles. The molecule has 0 radical (unpaired) electrons. The van der Waals surface area contributed by atoms with Gasteiger partial charge < -0.3 is 10.4 Å². The number of benzene rings is 1. The van der Waals surface area contributed by atoms with Crippen molar-refractivity contribution in [1.29, 1.82) is 0 Å². The highest BCUT2D eigenvalue weighted by atomic mass is 35.5. The fraction of sp³-hybridized carbons (Fsp3) is 0.364. The van der Waals surface area contributed by atoms with E-state index in [1.165, 1.54) is 18.2 Å². The zero-order valence-corrected chi connectivity index (χ0v) is 10.3. The third kappa shape index (κ3) is 4.31. The van der Waals surface area contributed by atoms with E-state index in [-0.39, 0.29) is 29.6 Å². The van der Waals surface area contributed by atoms with Crippen molar-refractivity contribution < 1.29 is 14.8 Å². The van der Waals surface area contributed by atoms with Gasteiger partial charge in [-0.2, -0.15) is 0 Å². The second-order valence-corrected chi connectivity index (χ2v) is 4.06. The Balaban J connectivity index is 2.65. The van der Waals surface area contributed by atoms with Gasteiger partial charge in [0.2, 0.25) is 5.91 Å². The predicted octanol–water partition coefficient (Wildman–Crippen LogP) is 2.35. The minimum absolute atomic E-state index is 0.0262. The first-order chi connectivity index (χ1) is 8.54. The van der Waals surface area contributed by atoms with Crippen LogP contribution in [0.4, 0.5) is 11.4 Å². The number of nitro benzene ring substituents is 1. The molecule has 1 amide bonds. The fourth-order valence-corrected chi connectivity index (χ4v) is 1.54. The van der Waals surface area contributed by atoms with Gasteiger partial charge in [-0.25, -0.2) is 0 Å². The van der Waals surface area contributed by atoms with E-state index in [4.69, 9.17) is 16.7 Å². The molecular weight excluding hydrogens is 260 g/mol. The molecule has 0 aliphatic carbocycles. The van der Waals surface area contributed by atoms with Gasteiger partial charge in [-0.05, 0) is 25.0 Å². The zero-order chi connectivity index (χ0) is 13.5. The van der Waals surface area contributed by atoms with Gasteiger partial charge >= 0.3 is 0 Å². The van der Waals surface area contributed by atoms with E-state index >= 15 is 0 Å². The number of halogens is 1. The van der Waals surface area contributed by atoms with Gasteiger partial charge in [0.25, 0.3) is 5.69 Å². The summed E-state index contributed by atoms with van der Waals surface area (Å²) in [6.07, 6.45) is 1.38. The lowest BCUT2D eigenvalue weighted by molar-refractivity contribution is -0.384. The molecule has 0 bridgehead atoms. The quantitative estimate of drug-likeness (QED) is 0.472. The van der Waals surface area contributed by atoms with Crippen LogP contribution in [0.3, 0.4) is 0 Å². The highest BCUT2D eigenvalue weighted by Gasteiger charge is 2.13. The molecule has 0 saturated carbocycles. The minimum Gasteiger partial charge on any atom is -0.396 e. The third-order valence-electron chi connectivity index (χ3n) is 2.24. The van der Waals surface area contributed by atoms with Crippen LogP contribution >= 0.6 is 11.6 Å². The Kier molecular flexibility index (Phi) is 5.54. The van der Waals surface area contributed by atoms with Crippen molar-refractivity contribution >= 4 is 28.9 Å². The molecular formula is C11H13ClN2O4. The molecule has 1 aromatic carbocycles. The Bertz CT molecular complexity index is 451. The first-order valence-electron chi connectivity index (χ1n) is 5.39. The molecule has 6 nitrogen and oxygen atoms in total. The molecule has 0 saturated heterocycles. The molecule has 1 rings (SSSR count). The average molecular weight is 273 g/mol. The van der Waals surface area contributed by atoms with Crippen LogP contribution in [0.5, 0.6) is 0 Å². The largest absolute Gasteiger partial charge is 0.396 e. The maximum Gasteiger partial charge on any atom is 0.289 e. The van der Waals surface area contributed by atoms with E-state index in [0.717, 1.165) is 0 Å². The van der Waals surface area contributed by atoms with Gasteiger partial charge in [0.1, 0.15) is 5.02 Å². The minimum atomic E-state index is -0.607. The number of nitro groups is 1. The highest BCUT2D eigenvalue weighted by molar-refractivity contribution is 6.32. The highest BCUT2D eigenvalue weighted by Crippen LogP contribution is 2.27. The Morgan fingerprint density at radius 1 is 1.44 bits per heavy atom. The lowest BCUT2D eigenvalue weighted by Crippen LogP contribution is -2.11. The molecule has 0 unspecified atom stereocenters. The Labute approximate surface area is 109 Å². The van der Waals surface area contributed by atoms with Gasteiger partial charge in [0.15, 0.2) is 0 Å². The van der Waals surface area contributed by atoms with Crippen molar-refractivity contribution in [3.8, 4) is 0 Å². The van der Waals surface area contributed by atoms with Crippen LogP contribution in [0.25, 0.3) is 0 Å². The summed E-state index contributed by atoms with van der Waals surface area (Å²) in [6, 6.07) is 4.08. The summed E-state index contributed by atoms with van der Waals surface area (Å²) in [6.45, 7) is 0.0414. The number of aliphatic hydroxyl groups excluding tert-OH is 1. The number of rotatable bonds is 6. The zero-order valence-electron chi connectivity index (χ0n) is 9.56. The summed E-state index contributed by atoms with van der Waals surface area (Å²) in [4.78, 5) is 21.5. The van der Waals surface area contributed by atoms with Crippen LogP contribution < -0.4 is 5.32 Å². The molecule has 18 heavy (non-hydrogen) atoms. The van der Waals surface area contributed by atoms with E-state index < -0.39 is 4.92 Å². The van der Waals surface area contributed by atoms with Gasteiger partial charge in [-0.15, -0.1) is 0 Å². The summed E-state index contributed by atoms with van der Waals surface area (Å²) < 4.78 is 0. The van der Waals surface area contributed by atoms with Gasteiger partial charge in [0, 0.05) is 24.8 Å². The van der Waals surface area contributed by atoms with Crippen molar-refractivity contribution in [3.63, 3.8) is 0 Å². The van der Waals surface area contributed by atoms with Crippen molar-refractivity contribution in [1.82, 2.24) is 0 Å². The summed E-state index contributed by atoms with van der Waals surface area (Å²) in [5.74, 6) is -0.250. The summed E-state index contributed by atoms with van der Waals surface area (Å²) >= 11 is 5.65. The molecule has 0 aromatic heterocycles. The predicted molar refractivity (Wildman–Crippen MR) is 67.7 cm³/mol. The third-order valence-corrected chi connectivity index (χ3v) is 2.56. The van der Waals surface area contributed by atoms with E-state index in [0.29, 0.717) is 18.5 Å². The number of unbranched alkanes of at least 4 members (excludes halogenated alkanes) is 1. The SMILES string of the molecule is O=C(CCCCO)Nc1ccc(Cl)c([N+](=O)[O-])c1. The number of anilines is 1. The number of nitrogens with one attached hydrogen (secondary N) is 1. The monoisotopic (exact) mass is 272 g/mol. The standard InChI is InChI=1S/C11H13ClN2O4/c12-9-5-4-8(7-10(9)14(17)18)13-11(16)3-1-2-6-15/h4-5,7,15H,1-3,6H2,(H,13,16). The first kappa shape index (κ1) is 14.4. The maximum atomic E-state index is 11.5. The van der Waals surface area contributed by atoms with Crippen LogP contribution in [0.1, 0.15) is 19.3 Å². The Hall–Kier alpha value is -1.66. The van der Waals surface area contributed by atoms with Crippen molar-refractivity contribution in [2.45, 2.75) is 19.3 Å². The maximum absolute atomic E-state index is 11.5.